The minimum atomic E-state index is -0.327. The molecule has 2 nitrogen and oxygen atoms in total. The second-order valence-electron chi connectivity index (χ2n) is 6.90. The van der Waals surface area contributed by atoms with Crippen LogP contribution in [0.1, 0.15) is 16.7 Å². The highest BCUT2D eigenvalue weighted by Crippen LogP contribution is 2.26. The minimum Gasteiger partial charge on any atom is -0.303 e. The van der Waals surface area contributed by atoms with E-state index in [1.165, 1.54) is 39.9 Å². The van der Waals surface area contributed by atoms with Crippen molar-refractivity contribution in [3.05, 3.63) is 89.4 Å². The molecule has 4 heteroatoms. The van der Waals surface area contributed by atoms with Gasteiger partial charge in [0.1, 0.15) is 11.6 Å². The molecule has 1 aliphatic heterocycles. The molecule has 0 aliphatic carbocycles. The molecule has 1 aliphatic rings. The van der Waals surface area contributed by atoms with Crippen molar-refractivity contribution in [2.24, 2.45) is 0 Å². The number of anilines is 2. The van der Waals surface area contributed by atoms with Crippen LogP contribution < -0.4 is 15.8 Å². The van der Waals surface area contributed by atoms with E-state index >= 15 is 0 Å². The Bertz CT molecular complexity index is 972. The van der Waals surface area contributed by atoms with Crippen LogP contribution in [0.3, 0.4) is 0 Å². The van der Waals surface area contributed by atoms with Gasteiger partial charge in [-0.2, -0.15) is 0 Å². The summed E-state index contributed by atoms with van der Waals surface area (Å²) in [4.78, 5) is 6.26. The molecule has 0 atom stereocenters. The van der Waals surface area contributed by atoms with Gasteiger partial charge in [-0.05, 0) is 50.6 Å². The number of hydrogen-bond donors (Lipinski definition) is 0. The smallest absolute Gasteiger partial charge is 0.238 e. The zero-order chi connectivity index (χ0) is 18.3. The number of para-hydroxylation sites is 1. The molecular weight excluding hydrogens is 322 g/mol. The summed E-state index contributed by atoms with van der Waals surface area (Å²) in [7, 11) is 0. The van der Waals surface area contributed by atoms with Crippen molar-refractivity contribution in [1.82, 2.24) is 4.98 Å². The third-order valence-electron chi connectivity index (χ3n) is 4.97. The van der Waals surface area contributed by atoms with E-state index in [4.69, 9.17) is 0 Å². The molecule has 0 amide bonds. The van der Waals surface area contributed by atoms with Crippen LogP contribution in [-0.2, 0) is 0 Å². The summed E-state index contributed by atoms with van der Waals surface area (Å²) in [6.45, 7) is 6.69. The van der Waals surface area contributed by atoms with Crippen LogP contribution >= 0.6 is 0 Å². The Morgan fingerprint density at radius 2 is 1.69 bits per heavy atom. The Kier molecular flexibility index (Phi) is 4.11. The van der Waals surface area contributed by atoms with Crippen molar-refractivity contribution in [3.63, 3.8) is 0 Å². The van der Waals surface area contributed by atoms with E-state index in [2.05, 4.69) is 62.1 Å². The number of aryl methyl sites for hydroxylation is 3. The quantitative estimate of drug-likeness (QED) is 0.656. The van der Waals surface area contributed by atoms with Gasteiger partial charge in [0.2, 0.25) is 6.71 Å². The molecule has 4 rings (SSSR count). The Labute approximate surface area is 154 Å². The first-order valence-electron chi connectivity index (χ1n) is 8.80. The van der Waals surface area contributed by atoms with Gasteiger partial charge in [-0.3, -0.25) is 0 Å². The standard InChI is InChI=1S/C22H20BFN2/c1-15-12-16(2)22(17(3)13-15)23-10-11-26(20-7-5-4-6-19(20)23)21-9-8-18(24)14-25-21/h4-14H,1-3H3. The number of hydrogen-bond acceptors (Lipinski definition) is 2. The average Bonchev–Trinajstić information content (AvgIpc) is 2.62. The van der Waals surface area contributed by atoms with Gasteiger partial charge >= 0.3 is 0 Å². The fraction of sp³-hybridized carbons (Fsp3) is 0.136. The fourth-order valence-corrected chi connectivity index (χ4v) is 3.97. The maximum atomic E-state index is 13.3. The molecule has 128 valence electrons. The Morgan fingerprint density at radius 1 is 0.962 bits per heavy atom. The molecule has 0 bridgehead atoms. The van der Waals surface area contributed by atoms with Crippen molar-refractivity contribution in [3.8, 4) is 0 Å². The van der Waals surface area contributed by atoms with Gasteiger partial charge in [0.25, 0.3) is 0 Å². The van der Waals surface area contributed by atoms with Crippen LogP contribution in [0.15, 0.2) is 66.9 Å². The number of aromatic nitrogens is 1. The van der Waals surface area contributed by atoms with E-state index in [9.17, 15) is 4.39 Å². The SMILES string of the molecule is Cc1cc(C)c(B2C=CN(c3ccc(F)cn3)c3ccccc32)c(C)c1. The highest BCUT2D eigenvalue weighted by molar-refractivity contribution is 6.91. The van der Waals surface area contributed by atoms with Gasteiger partial charge in [0.05, 0.1) is 6.20 Å². The molecule has 0 fully saturated rings. The zero-order valence-corrected chi connectivity index (χ0v) is 15.2. The molecular formula is C22H20BFN2. The highest BCUT2D eigenvalue weighted by atomic mass is 19.1. The molecule has 26 heavy (non-hydrogen) atoms. The highest BCUT2D eigenvalue weighted by Gasteiger charge is 2.28. The van der Waals surface area contributed by atoms with Gasteiger partial charge in [-0.1, -0.05) is 58.5 Å². The maximum absolute atomic E-state index is 13.3. The van der Waals surface area contributed by atoms with E-state index < -0.39 is 0 Å². The van der Waals surface area contributed by atoms with E-state index in [1.54, 1.807) is 6.07 Å². The van der Waals surface area contributed by atoms with Gasteiger partial charge in [0.15, 0.2) is 0 Å². The fourth-order valence-electron chi connectivity index (χ4n) is 3.97. The monoisotopic (exact) mass is 342 g/mol. The Morgan fingerprint density at radius 3 is 2.38 bits per heavy atom. The number of rotatable bonds is 2. The molecule has 0 saturated carbocycles. The zero-order valence-electron chi connectivity index (χ0n) is 15.2. The normalized spacial score (nSPS) is 13.1. The van der Waals surface area contributed by atoms with Gasteiger partial charge in [-0.15, -0.1) is 0 Å². The second kappa shape index (κ2) is 6.45. The summed E-state index contributed by atoms with van der Waals surface area (Å²) < 4.78 is 13.3. The topological polar surface area (TPSA) is 16.1 Å². The van der Waals surface area contributed by atoms with E-state index in [-0.39, 0.29) is 12.5 Å². The van der Waals surface area contributed by atoms with Crippen molar-refractivity contribution < 1.29 is 4.39 Å². The number of benzene rings is 2. The molecule has 0 radical (unpaired) electrons. The first-order chi connectivity index (χ1) is 12.5. The molecule has 0 N–H and O–H groups in total. The lowest BCUT2D eigenvalue weighted by atomic mass is 9.38. The van der Waals surface area contributed by atoms with E-state index in [1.807, 2.05) is 17.2 Å². The van der Waals surface area contributed by atoms with Gasteiger partial charge in [0, 0.05) is 5.69 Å². The summed E-state index contributed by atoms with van der Waals surface area (Å²) in [6.07, 6.45) is 3.30. The van der Waals surface area contributed by atoms with Crippen LogP contribution in [0.4, 0.5) is 15.9 Å². The molecule has 0 spiro atoms. The van der Waals surface area contributed by atoms with Crippen molar-refractivity contribution in [1.29, 1.82) is 0 Å². The predicted octanol–water partition coefficient (Wildman–Crippen LogP) is 3.96. The molecule has 2 aromatic carbocycles. The van der Waals surface area contributed by atoms with E-state index in [0.717, 1.165) is 5.69 Å². The van der Waals surface area contributed by atoms with Crippen LogP contribution in [0.5, 0.6) is 0 Å². The predicted molar refractivity (Wildman–Crippen MR) is 108 cm³/mol. The van der Waals surface area contributed by atoms with Crippen LogP contribution in [0.2, 0.25) is 0 Å². The lowest BCUT2D eigenvalue weighted by molar-refractivity contribution is 0.621. The molecule has 2 heterocycles. The largest absolute Gasteiger partial charge is 0.303 e. The summed E-state index contributed by atoms with van der Waals surface area (Å²) in [5.74, 6) is 2.59. The number of pyridine rings is 1. The molecule has 3 aromatic rings. The summed E-state index contributed by atoms with van der Waals surface area (Å²) in [5.41, 5.74) is 7.57. The number of fused-ring (bicyclic) bond motifs is 1. The summed E-state index contributed by atoms with van der Waals surface area (Å²) >= 11 is 0. The van der Waals surface area contributed by atoms with Crippen molar-refractivity contribution in [2.45, 2.75) is 20.8 Å². The maximum Gasteiger partial charge on any atom is 0.238 e. The summed E-state index contributed by atoms with van der Waals surface area (Å²) in [5, 5.41) is 0. The lowest BCUT2D eigenvalue weighted by Crippen LogP contribution is -2.47. The van der Waals surface area contributed by atoms with Gasteiger partial charge < -0.3 is 4.90 Å². The number of halogens is 1. The van der Waals surface area contributed by atoms with Gasteiger partial charge in [-0.25, -0.2) is 9.37 Å². The molecule has 0 unspecified atom stereocenters. The third kappa shape index (κ3) is 2.82. The van der Waals surface area contributed by atoms with E-state index in [0.29, 0.717) is 5.82 Å². The second-order valence-corrected chi connectivity index (χ2v) is 6.90. The average molecular weight is 342 g/mol. The third-order valence-corrected chi connectivity index (χ3v) is 4.97. The minimum absolute atomic E-state index is 0.198. The molecule has 0 saturated heterocycles. The first-order valence-corrected chi connectivity index (χ1v) is 8.80. The molecule has 1 aromatic heterocycles. The Hall–Kier alpha value is -2.88. The van der Waals surface area contributed by atoms with Crippen molar-refractivity contribution in [2.75, 3.05) is 4.90 Å². The van der Waals surface area contributed by atoms with Crippen LogP contribution in [0, 0.1) is 26.6 Å². The van der Waals surface area contributed by atoms with Crippen LogP contribution in [-0.4, -0.2) is 11.7 Å². The summed E-state index contributed by atoms with van der Waals surface area (Å²) in [6, 6.07) is 16.0. The van der Waals surface area contributed by atoms with Crippen LogP contribution in [0.25, 0.3) is 0 Å². The first kappa shape index (κ1) is 16.6. The lowest BCUT2D eigenvalue weighted by Gasteiger charge is -2.30. The van der Waals surface area contributed by atoms with Crippen molar-refractivity contribution >= 4 is 29.1 Å². The number of nitrogens with zero attached hydrogens (tertiary/aromatic N) is 2. The Balaban J connectivity index is 1.84.